The zero-order valence-corrected chi connectivity index (χ0v) is 18.5. The highest BCUT2D eigenvalue weighted by molar-refractivity contribution is 14.0. The molecule has 1 atom stereocenters. The van der Waals surface area contributed by atoms with E-state index in [0.717, 1.165) is 51.8 Å². The normalized spacial score (nSPS) is 16.9. The van der Waals surface area contributed by atoms with Gasteiger partial charge in [0, 0.05) is 70.6 Å². The van der Waals surface area contributed by atoms with Gasteiger partial charge >= 0.3 is 0 Å². The zero-order valence-electron chi connectivity index (χ0n) is 15.3. The first-order valence-corrected chi connectivity index (χ1v) is 9.44. The molecule has 2 rings (SSSR count). The van der Waals surface area contributed by atoms with E-state index >= 15 is 0 Å². The molecule has 0 saturated carbocycles. The van der Waals surface area contributed by atoms with Gasteiger partial charge in [-0.1, -0.05) is 13.0 Å². The third-order valence-corrected chi connectivity index (χ3v) is 5.47. The number of hydrogen-bond donors (Lipinski definition) is 2. The maximum absolute atomic E-state index is 11.3. The molecule has 2 N–H and O–H groups in total. The van der Waals surface area contributed by atoms with Gasteiger partial charge in [0.2, 0.25) is 5.91 Å². The Hall–Kier alpha value is -0.870. The Balaban J connectivity index is 0.00000312. The van der Waals surface area contributed by atoms with E-state index in [2.05, 4.69) is 45.0 Å². The van der Waals surface area contributed by atoms with Crippen LogP contribution in [0.2, 0.25) is 0 Å². The van der Waals surface area contributed by atoms with Crippen LogP contribution in [0.3, 0.4) is 0 Å². The van der Waals surface area contributed by atoms with Crippen LogP contribution in [0.25, 0.3) is 0 Å². The molecule has 1 unspecified atom stereocenters. The summed E-state index contributed by atoms with van der Waals surface area (Å²) in [5.41, 5.74) is 0. The maximum Gasteiger partial charge on any atom is 0.219 e. The number of halogens is 1. The second-order valence-electron chi connectivity index (χ2n) is 6.14. The molecule has 1 saturated heterocycles. The van der Waals surface area contributed by atoms with Crippen molar-refractivity contribution in [1.82, 2.24) is 20.4 Å². The lowest BCUT2D eigenvalue weighted by molar-refractivity contribution is -0.130. The quantitative estimate of drug-likeness (QED) is 0.371. The molecule has 1 aromatic rings. The van der Waals surface area contributed by atoms with Gasteiger partial charge < -0.3 is 15.5 Å². The van der Waals surface area contributed by atoms with Crippen LogP contribution in [-0.2, 0) is 4.79 Å². The van der Waals surface area contributed by atoms with E-state index in [0.29, 0.717) is 5.92 Å². The highest BCUT2D eigenvalue weighted by Crippen LogP contribution is 2.19. The first kappa shape index (κ1) is 22.2. The van der Waals surface area contributed by atoms with Crippen LogP contribution < -0.4 is 10.6 Å². The molecule has 142 valence electrons. The SMILES string of the molecule is CN=C(NCCN1CCN(C(C)=O)CC1)NCC(C)c1cccs1.I. The van der Waals surface area contributed by atoms with E-state index in [1.807, 2.05) is 4.90 Å². The Morgan fingerprint density at radius 1 is 1.32 bits per heavy atom. The molecule has 0 spiro atoms. The van der Waals surface area contributed by atoms with Gasteiger partial charge in [0.15, 0.2) is 5.96 Å². The van der Waals surface area contributed by atoms with Crippen LogP contribution >= 0.6 is 35.3 Å². The number of hydrogen-bond acceptors (Lipinski definition) is 4. The lowest BCUT2D eigenvalue weighted by atomic mass is 10.1. The minimum atomic E-state index is 0. The smallest absolute Gasteiger partial charge is 0.219 e. The Morgan fingerprint density at radius 3 is 2.60 bits per heavy atom. The summed E-state index contributed by atoms with van der Waals surface area (Å²) < 4.78 is 0. The number of aliphatic imine (C=N–C) groups is 1. The number of rotatable bonds is 6. The molecule has 0 bridgehead atoms. The van der Waals surface area contributed by atoms with Gasteiger partial charge in [-0.3, -0.25) is 14.7 Å². The number of piperazine rings is 1. The molecule has 25 heavy (non-hydrogen) atoms. The summed E-state index contributed by atoms with van der Waals surface area (Å²) in [6.45, 7) is 10.1. The molecular weight excluding hydrogens is 449 g/mol. The van der Waals surface area contributed by atoms with E-state index in [4.69, 9.17) is 0 Å². The fourth-order valence-electron chi connectivity index (χ4n) is 2.76. The molecular formula is C17H30IN5OS. The molecule has 1 fully saturated rings. The number of nitrogens with zero attached hydrogens (tertiary/aromatic N) is 3. The summed E-state index contributed by atoms with van der Waals surface area (Å²) in [5, 5.41) is 8.88. The van der Waals surface area contributed by atoms with Crippen molar-refractivity contribution in [2.45, 2.75) is 19.8 Å². The van der Waals surface area contributed by atoms with Crippen LogP contribution in [0, 0.1) is 0 Å². The highest BCUT2D eigenvalue weighted by Gasteiger charge is 2.18. The average Bonchev–Trinajstić information content (AvgIpc) is 3.12. The third kappa shape index (κ3) is 7.49. The van der Waals surface area contributed by atoms with Crippen LogP contribution in [0.4, 0.5) is 0 Å². The fraction of sp³-hybridized carbons (Fsp3) is 0.647. The summed E-state index contributed by atoms with van der Waals surface area (Å²) in [7, 11) is 1.80. The van der Waals surface area contributed by atoms with Gasteiger partial charge in [-0.05, 0) is 11.4 Å². The molecule has 8 heteroatoms. The lowest BCUT2D eigenvalue weighted by Crippen LogP contribution is -2.50. The number of carbonyl (C=O) groups is 1. The van der Waals surface area contributed by atoms with Gasteiger partial charge in [0.05, 0.1) is 0 Å². The summed E-state index contributed by atoms with van der Waals surface area (Å²) >= 11 is 1.79. The third-order valence-electron chi connectivity index (χ3n) is 4.37. The van der Waals surface area contributed by atoms with Crippen molar-refractivity contribution >= 4 is 47.2 Å². The van der Waals surface area contributed by atoms with Crippen molar-refractivity contribution in [3.8, 4) is 0 Å². The number of nitrogens with one attached hydrogen (secondary N) is 2. The van der Waals surface area contributed by atoms with Crippen molar-refractivity contribution < 1.29 is 4.79 Å². The van der Waals surface area contributed by atoms with Gasteiger partial charge in [-0.15, -0.1) is 35.3 Å². The Kier molecular flexibility index (Phi) is 10.4. The largest absolute Gasteiger partial charge is 0.356 e. The molecule has 1 aliphatic rings. The Labute approximate surface area is 172 Å². The second kappa shape index (κ2) is 11.7. The van der Waals surface area contributed by atoms with Gasteiger partial charge in [0.25, 0.3) is 0 Å². The summed E-state index contributed by atoms with van der Waals surface area (Å²) in [6, 6.07) is 4.27. The van der Waals surface area contributed by atoms with Gasteiger partial charge in [-0.2, -0.15) is 0 Å². The minimum absolute atomic E-state index is 0. The van der Waals surface area contributed by atoms with Crippen molar-refractivity contribution in [3.05, 3.63) is 22.4 Å². The van der Waals surface area contributed by atoms with Crippen molar-refractivity contribution in [2.24, 2.45) is 4.99 Å². The average molecular weight is 479 g/mol. The van der Waals surface area contributed by atoms with E-state index in [1.165, 1.54) is 4.88 Å². The zero-order chi connectivity index (χ0) is 17.4. The molecule has 1 aliphatic heterocycles. The molecule has 0 radical (unpaired) electrons. The number of carbonyl (C=O) groups excluding carboxylic acids is 1. The monoisotopic (exact) mass is 479 g/mol. The molecule has 0 aliphatic carbocycles. The highest BCUT2D eigenvalue weighted by atomic mass is 127. The second-order valence-corrected chi connectivity index (χ2v) is 7.12. The predicted molar refractivity (Wildman–Crippen MR) is 116 cm³/mol. The van der Waals surface area contributed by atoms with Crippen LogP contribution in [0.15, 0.2) is 22.5 Å². The standard InChI is InChI=1S/C17H29N5OS.HI/c1-14(16-5-4-12-24-16)13-20-17(18-3)19-6-7-21-8-10-22(11-9-21)15(2)23;/h4-5,12,14H,6-11,13H2,1-3H3,(H2,18,19,20);1H. The number of amides is 1. The van der Waals surface area contributed by atoms with Crippen molar-refractivity contribution in [3.63, 3.8) is 0 Å². The minimum Gasteiger partial charge on any atom is -0.356 e. The van der Waals surface area contributed by atoms with Crippen LogP contribution in [-0.4, -0.2) is 74.5 Å². The molecule has 1 amide bonds. The maximum atomic E-state index is 11.3. The molecule has 1 aromatic heterocycles. The van der Waals surface area contributed by atoms with E-state index in [9.17, 15) is 4.79 Å². The summed E-state index contributed by atoms with van der Waals surface area (Å²) in [4.78, 5) is 21.3. The van der Waals surface area contributed by atoms with Crippen LogP contribution in [0.5, 0.6) is 0 Å². The van der Waals surface area contributed by atoms with Crippen molar-refractivity contribution in [1.29, 1.82) is 0 Å². The van der Waals surface area contributed by atoms with Crippen LogP contribution in [0.1, 0.15) is 24.6 Å². The van der Waals surface area contributed by atoms with E-state index in [1.54, 1.807) is 25.3 Å². The Morgan fingerprint density at radius 2 is 2.04 bits per heavy atom. The first-order chi connectivity index (χ1) is 11.6. The lowest BCUT2D eigenvalue weighted by Gasteiger charge is -2.34. The van der Waals surface area contributed by atoms with Crippen molar-refractivity contribution in [2.75, 3.05) is 52.9 Å². The molecule has 0 aromatic carbocycles. The first-order valence-electron chi connectivity index (χ1n) is 8.56. The van der Waals surface area contributed by atoms with Gasteiger partial charge in [0.1, 0.15) is 0 Å². The summed E-state index contributed by atoms with van der Waals surface area (Å²) in [5.74, 6) is 1.50. The molecule has 2 heterocycles. The van der Waals surface area contributed by atoms with E-state index < -0.39 is 0 Å². The topological polar surface area (TPSA) is 60.0 Å². The number of guanidine groups is 1. The number of thiophene rings is 1. The predicted octanol–water partition coefficient (Wildman–Crippen LogP) is 1.80. The fourth-order valence-corrected chi connectivity index (χ4v) is 3.55. The molecule has 6 nitrogen and oxygen atoms in total. The van der Waals surface area contributed by atoms with Gasteiger partial charge in [-0.25, -0.2) is 0 Å². The van der Waals surface area contributed by atoms with E-state index in [-0.39, 0.29) is 29.9 Å². The summed E-state index contributed by atoms with van der Waals surface area (Å²) in [6.07, 6.45) is 0. The Bertz CT molecular complexity index is 529.